The molecule has 6 atom stereocenters. The van der Waals surface area contributed by atoms with Gasteiger partial charge < -0.3 is 39.0 Å². The summed E-state index contributed by atoms with van der Waals surface area (Å²) in [5.74, 6) is -4.31. The number of Topliss-reactive ketones (excluding diaryl/α,β-unsaturated/α-hetero) is 2. The molecule has 0 spiro atoms. The monoisotopic (exact) mass is 723 g/mol. The van der Waals surface area contributed by atoms with Crippen molar-refractivity contribution in [2.45, 2.75) is 63.4 Å². The first-order chi connectivity index (χ1) is 25.6. The minimum absolute atomic E-state index is 0.0762. The molecule has 3 aliphatic carbocycles. The largest absolute Gasteiger partial charge is 0.507 e. The number of ketones is 2. The lowest BCUT2D eigenvalue weighted by Crippen LogP contribution is -2.56. The molecule has 8 rings (SSSR count). The van der Waals surface area contributed by atoms with Crippen molar-refractivity contribution in [1.82, 2.24) is 9.88 Å². The smallest absolute Gasteiger partial charge is 0.331 e. The van der Waals surface area contributed by atoms with Gasteiger partial charge in [-0.15, -0.1) is 0 Å². The van der Waals surface area contributed by atoms with Crippen LogP contribution in [0.2, 0.25) is 0 Å². The molecule has 0 unspecified atom stereocenters. The number of likely N-dealkylation sites (tertiary alicyclic amines) is 1. The van der Waals surface area contributed by atoms with Crippen LogP contribution in [0.5, 0.6) is 17.2 Å². The Balaban J connectivity index is 1.27. The fraction of sp³-hybridized carbons (Fsp3) is 0.425. The van der Waals surface area contributed by atoms with Gasteiger partial charge in [0.1, 0.15) is 11.9 Å². The number of aliphatic hydroxyl groups is 1. The molecule has 13 nitrogen and oxygen atoms in total. The summed E-state index contributed by atoms with van der Waals surface area (Å²) in [5, 5.41) is 25.0. The van der Waals surface area contributed by atoms with E-state index in [0.29, 0.717) is 30.9 Å². The number of carbonyl (C=O) groups is 3. The molecule has 6 aliphatic rings. The molecule has 3 aliphatic heterocycles. The van der Waals surface area contributed by atoms with Crippen LogP contribution in [0.4, 0.5) is 0 Å². The predicted molar refractivity (Wildman–Crippen MR) is 192 cm³/mol. The van der Waals surface area contributed by atoms with E-state index < -0.39 is 70.2 Å². The van der Waals surface area contributed by atoms with E-state index in [1.807, 2.05) is 25.2 Å². The molecular formula is C40H41N3O10. The summed E-state index contributed by atoms with van der Waals surface area (Å²) >= 11 is 0. The van der Waals surface area contributed by atoms with Crippen LogP contribution in [-0.4, -0.2) is 88.5 Å². The van der Waals surface area contributed by atoms with Gasteiger partial charge in [0.25, 0.3) is 5.56 Å². The number of phenols is 1. The lowest BCUT2D eigenvalue weighted by atomic mass is 9.60. The normalized spacial score (nSPS) is 29.5. The summed E-state index contributed by atoms with van der Waals surface area (Å²) in [6, 6.07) is 1.43. The molecule has 0 radical (unpaired) electrons. The Morgan fingerprint density at radius 2 is 1.92 bits per heavy atom. The Kier molecular flexibility index (Phi) is 9.04. The highest BCUT2D eigenvalue weighted by Gasteiger charge is 2.63. The number of H-pyrrole nitrogens is 1. The number of aryl methyl sites for hydroxylation is 1. The summed E-state index contributed by atoms with van der Waals surface area (Å²) in [5.41, 5.74) is -3.12. The molecular weight excluding hydrogens is 682 g/mol. The minimum Gasteiger partial charge on any atom is -0.507 e. The lowest BCUT2D eigenvalue weighted by Gasteiger charge is -2.48. The molecule has 3 N–H and O–H groups in total. The number of pyridine rings is 1. The summed E-state index contributed by atoms with van der Waals surface area (Å²) in [6.07, 6.45) is 13.8. The average Bonchev–Trinajstić information content (AvgIpc) is 3.66. The van der Waals surface area contributed by atoms with Crippen LogP contribution in [0.3, 0.4) is 0 Å². The second kappa shape index (κ2) is 13.7. The number of allylic oxidation sites excluding steroid dienone is 6. The number of ether oxygens (including phenoxy) is 4. The molecule has 53 heavy (non-hydrogen) atoms. The quantitative estimate of drug-likeness (QED) is 0.163. The van der Waals surface area contributed by atoms with Crippen molar-refractivity contribution in [1.29, 1.82) is 0 Å². The van der Waals surface area contributed by atoms with Gasteiger partial charge in [0.05, 0.1) is 35.4 Å². The summed E-state index contributed by atoms with van der Waals surface area (Å²) in [7, 11) is 0. The van der Waals surface area contributed by atoms with Crippen LogP contribution >= 0.6 is 0 Å². The Morgan fingerprint density at radius 3 is 2.72 bits per heavy atom. The number of fused-ring (bicyclic) bond motifs is 6. The molecule has 1 aromatic heterocycles. The van der Waals surface area contributed by atoms with Crippen molar-refractivity contribution >= 4 is 23.2 Å². The molecule has 276 valence electrons. The van der Waals surface area contributed by atoms with Crippen molar-refractivity contribution in [2.24, 2.45) is 16.8 Å². The Bertz CT molecular complexity index is 2100. The van der Waals surface area contributed by atoms with Crippen LogP contribution in [0.25, 0.3) is 0 Å². The fourth-order valence-corrected chi connectivity index (χ4v) is 8.69. The van der Waals surface area contributed by atoms with Crippen molar-refractivity contribution in [3.05, 3.63) is 98.5 Å². The lowest BCUT2D eigenvalue weighted by molar-refractivity contribution is -0.146. The van der Waals surface area contributed by atoms with E-state index in [2.05, 4.69) is 9.88 Å². The van der Waals surface area contributed by atoms with Crippen molar-refractivity contribution in [2.75, 3.05) is 33.0 Å². The van der Waals surface area contributed by atoms with E-state index in [-0.39, 0.29) is 47.0 Å². The third-order valence-electron chi connectivity index (χ3n) is 11.1. The molecule has 0 bridgehead atoms. The highest BCUT2D eigenvalue weighted by atomic mass is 16.7. The van der Waals surface area contributed by atoms with E-state index in [9.17, 15) is 29.4 Å². The maximum absolute atomic E-state index is 14.4. The van der Waals surface area contributed by atoms with E-state index in [4.69, 9.17) is 23.9 Å². The highest BCUT2D eigenvalue weighted by Crippen LogP contribution is 2.62. The maximum atomic E-state index is 14.4. The third-order valence-corrected chi connectivity index (χ3v) is 11.1. The molecule has 1 saturated heterocycles. The van der Waals surface area contributed by atoms with Gasteiger partial charge in [-0.1, -0.05) is 36.5 Å². The van der Waals surface area contributed by atoms with Crippen molar-refractivity contribution in [3.63, 3.8) is 0 Å². The first kappa shape index (κ1) is 34.9. The number of aliphatic imine (C=N–C) groups is 1. The SMILES string of the molecule is C/C=C/C=C/C=C/C(=O)O[C@@H]1C=CC[C@H]2C(=NCCN3CCCC3)c3c(O)c4c5c(c3O[C@H]12)OCO[C@@H]5C[C@@H]1C(=O)c2cc(C)[nH]c(=O)c2C(=O)[C@]41O. The number of nitrogens with one attached hydrogen (secondary N) is 1. The predicted octanol–water partition coefficient (Wildman–Crippen LogP) is 3.91. The van der Waals surface area contributed by atoms with Gasteiger partial charge in [-0.2, -0.15) is 0 Å². The van der Waals surface area contributed by atoms with E-state index in [1.165, 1.54) is 12.1 Å². The third kappa shape index (κ3) is 5.69. The Labute approximate surface area is 305 Å². The number of aromatic amines is 1. The average molecular weight is 724 g/mol. The van der Waals surface area contributed by atoms with E-state index in [0.717, 1.165) is 25.9 Å². The van der Waals surface area contributed by atoms with Gasteiger partial charge in [-0.3, -0.25) is 19.4 Å². The first-order valence-corrected chi connectivity index (χ1v) is 18.1. The molecule has 4 heterocycles. The maximum Gasteiger partial charge on any atom is 0.331 e. The van der Waals surface area contributed by atoms with Gasteiger partial charge in [0, 0.05) is 40.9 Å². The summed E-state index contributed by atoms with van der Waals surface area (Å²) in [6.45, 7) is 6.21. The van der Waals surface area contributed by atoms with Gasteiger partial charge in [0.15, 0.2) is 35.8 Å². The van der Waals surface area contributed by atoms with Crippen LogP contribution in [-0.2, 0) is 19.9 Å². The number of aromatic hydroxyl groups is 1. The Morgan fingerprint density at radius 1 is 1.13 bits per heavy atom. The van der Waals surface area contributed by atoms with Crippen LogP contribution < -0.4 is 15.0 Å². The second-order valence-electron chi connectivity index (χ2n) is 14.2. The number of rotatable bonds is 7. The summed E-state index contributed by atoms with van der Waals surface area (Å²) < 4.78 is 24.6. The molecule has 1 fully saturated rings. The summed E-state index contributed by atoms with van der Waals surface area (Å²) in [4.78, 5) is 64.6. The number of hydrogen-bond acceptors (Lipinski definition) is 12. The molecule has 2 aromatic rings. The molecule has 1 aromatic carbocycles. The van der Waals surface area contributed by atoms with Gasteiger partial charge in [-0.25, -0.2) is 4.79 Å². The second-order valence-corrected chi connectivity index (χ2v) is 14.2. The highest BCUT2D eigenvalue weighted by molar-refractivity contribution is 6.20. The minimum atomic E-state index is -2.62. The van der Waals surface area contributed by atoms with Crippen LogP contribution in [0, 0.1) is 18.8 Å². The number of carbonyl (C=O) groups excluding carboxylic acids is 3. The van der Waals surface area contributed by atoms with Crippen molar-refractivity contribution in [3.8, 4) is 17.2 Å². The number of nitrogens with zero attached hydrogens (tertiary/aromatic N) is 2. The first-order valence-electron chi connectivity index (χ1n) is 18.1. The van der Waals surface area contributed by atoms with Crippen LogP contribution in [0.1, 0.15) is 81.8 Å². The van der Waals surface area contributed by atoms with Crippen LogP contribution in [0.15, 0.2) is 64.5 Å². The standard InChI is InChI=1S/C40H41N3O10/c1-3-4-5-6-7-13-27(44)52-25-12-10-11-22-32(41-14-17-43-15-8-9-16-43)30-34(46)31-29-26(50-20-51-36(29)37(30)53-35(22)25)19-24-33(45)23-18-21(2)42-39(48)28(23)38(47)40(24,31)49/h3-7,10,12-13,18,22,24-26,35,46,49H,8-9,11,14-17,19-20H2,1-2H3,(H,42,48)/b4-3+,6-5+,13-7+,41-32?/t22-,24+,25+,26+,35-,40+/m0/s1. The van der Waals surface area contributed by atoms with Gasteiger partial charge in [0.2, 0.25) is 5.78 Å². The zero-order chi connectivity index (χ0) is 37.0. The molecule has 0 saturated carbocycles. The molecule has 0 amide bonds. The van der Waals surface area contributed by atoms with Gasteiger partial charge >= 0.3 is 5.97 Å². The topological polar surface area (TPSA) is 177 Å². The van der Waals surface area contributed by atoms with E-state index in [1.54, 1.807) is 31.2 Å². The number of phenolic OH excluding ortho intramolecular Hbond substituents is 1. The number of benzene rings is 1. The number of esters is 1. The van der Waals surface area contributed by atoms with Crippen molar-refractivity contribution < 1.29 is 43.5 Å². The number of aromatic nitrogens is 1. The molecule has 13 heteroatoms. The van der Waals surface area contributed by atoms with E-state index >= 15 is 0 Å². The zero-order valence-corrected chi connectivity index (χ0v) is 29.5. The Hall–Kier alpha value is -5.11. The number of hydrogen-bond donors (Lipinski definition) is 3. The fourth-order valence-electron chi connectivity index (χ4n) is 8.69. The van der Waals surface area contributed by atoms with Gasteiger partial charge in [-0.05, 0) is 64.8 Å². The zero-order valence-electron chi connectivity index (χ0n) is 29.5.